The molecule has 0 saturated carbocycles. The molecule has 2 aromatic rings. The number of aromatic nitrogens is 1. The van der Waals surface area contributed by atoms with Gasteiger partial charge >= 0.3 is 5.69 Å². The van der Waals surface area contributed by atoms with E-state index in [4.69, 9.17) is 4.74 Å². The van der Waals surface area contributed by atoms with Crippen LogP contribution < -0.4 is 4.74 Å². The van der Waals surface area contributed by atoms with Gasteiger partial charge in [-0.2, -0.15) is 4.39 Å². The molecule has 0 spiro atoms. The molecule has 0 radical (unpaired) electrons. The van der Waals surface area contributed by atoms with Crippen LogP contribution in [0.15, 0.2) is 41.1 Å². The highest BCUT2D eigenvalue weighted by Crippen LogP contribution is 2.33. The Morgan fingerprint density at radius 3 is 2.83 bits per heavy atom. The summed E-state index contributed by atoms with van der Waals surface area (Å²) in [5, 5.41) is 10.8. The van der Waals surface area contributed by atoms with E-state index in [0.717, 1.165) is 6.07 Å². The highest BCUT2D eigenvalue weighted by atomic mass is 79.9. The van der Waals surface area contributed by atoms with Crippen LogP contribution in [0.3, 0.4) is 0 Å². The van der Waals surface area contributed by atoms with Crippen LogP contribution in [-0.4, -0.2) is 9.91 Å². The van der Waals surface area contributed by atoms with Crippen LogP contribution in [0.2, 0.25) is 0 Å². The molecule has 0 aliphatic carbocycles. The average molecular weight is 313 g/mol. The number of rotatable bonds is 3. The molecule has 0 fully saturated rings. The van der Waals surface area contributed by atoms with Gasteiger partial charge in [-0.1, -0.05) is 6.07 Å². The zero-order valence-electron chi connectivity index (χ0n) is 8.84. The first-order valence-electron chi connectivity index (χ1n) is 4.79. The maximum atomic E-state index is 13.3. The Balaban J connectivity index is 2.40. The molecule has 0 unspecified atom stereocenters. The molecule has 0 saturated heterocycles. The van der Waals surface area contributed by atoms with Crippen LogP contribution in [0.1, 0.15) is 0 Å². The molecule has 0 atom stereocenters. The van der Waals surface area contributed by atoms with Crippen LogP contribution in [0.5, 0.6) is 11.5 Å². The molecule has 0 N–H and O–H groups in total. The third-order valence-corrected chi connectivity index (χ3v) is 2.47. The smallest absolute Gasteiger partial charge is 0.346 e. The lowest BCUT2D eigenvalue weighted by Crippen LogP contribution is -1.96. The second-order valence-corrected chi connectivity index (χ2v) is 4.20. The van der Waals surface area contributed by atoms with Gasteiger partial charge in [-0.3, -0.25) is 15.1 Å². The zero-order chi connectivity index (χ0) is 13.1. The Hall–Kier alpha value is -2.02. The summed E-state index contributed by atoms with van der Waals surface area (Å²) in [5.74, 6) is -0.835. The predicted octanol–water partition coefficient (Wildman–Crippen LogP) is 3.68. The number of pyridine rings is 1. The summed E-state index contributed by atoms with van der Waals surface area (Å²) in [7, 11) is 0. The van der Waals surface area contributed by atoms with Crippen LogP contribution in [-0.2, 0) is 0 Å². The minimum absolute atomic E-state index is 0.167. The van der Waals surface area contributed by atoms with Crippen molar-refractivity contribution < 1.29 is 14.1 Å². The van der Waals surface area contributed by atoms with Crippen molar-refractivity contribution in [1.82, 2.24) is 4.98 Å². The van der Waals surface area contributed by atoms with Gasteiger partial charge in [0.15, 0.2) is 0 Å². The monoisotopic (exact) mass is 312 g/mol. The van der Waals surface area contributed by atoms with Crippen LogP contribution in [0.4, 0.5) is 10.1 Å². The quantitative estimate of drug-likeness (QED) is 0.640. The van der Waals surface area contributed by atoms with Gasteiger partial charge in [0.2, 0.25) is 11.6 Å². The highest BCUT2D eigenvalue weighted by molar-refractivity contribution is 9.10. The lowest BCUT2D eigenvalue weighted by Gasteiger charge is -2.06. The first-order chi connectivity index (χ1) is 8.58. The standard InChI is InChI=1S/C11H6BrFN2O3/c12-7-4-8(6-14-5-7)18-10-3-1-2-9(13)11(10)15(16)17/h1-6H. The van der Waals surface area contributed by atoms with Gasteiger partial charge in [0.1, 0.15) is 5.75 Å². The Bertz CT molecular complexity index is 607. The van der Waals surface area contributed by atoms with Crippen LogP contribution in [0.25, 0.3) is 0 Å². The van der Waals surface area contributed by atoms with E-state index in [1.807, 2.05) is 0 Å². The van der Waals surface area contributed by atoms with E-state index in [9.17, 15) is 14.5 Å². The first-order valence-corrected chi connectivity index (χ1v) is 5.58. The molecule has 18 heavy (non-hydrogen) atoms. The van der Waals surface area contributed by atoms with Crippen molar-refractivity contribution in [3.8, 4) is 11.5 Å². The Labute approximate surface area is 110 Å². The summed E-state index contributed by atoms with van der Waals surface area (Å²) in [6, 6.07) is 5.23. The van der Waals surface area contributed by atoms with Gasteiger partial charge in [-0.15, -0.1) is 0 Å². The lowest BCUT2D eigenvalue weighted by atomic mass is 10.3. The minimum Gasteiger partial charge on any atom is -0.448 e. The second-order valence-electron chi connectivity index (χ2n) is 3.28. The normalized spacial score (nSPS) is 10.1. The Morgan fingerprint density at radius 2 is 2.17 bits per heavy atom. The number of hydrogen-bond donors (Lipinski definition) is 0. The molecular weight excluding hydrogens is 307 g/mol. The fourth-order valence-electron chi connectivity index (χ4n) is 1.33. The molecule has 1 heterocycles. The van der Waals surface area contributed by atoms with E-state index in [2.05, 4.69) is 20.9 Å². The van der Waals surface area contributed by atoms with Crippen LogP contribution >= 0.6 is 15.9 Å². The predicted molar refractivity (Wildman–Crippen MR) is 65.1 cm³/mol. The number of halogens is 2. The average Bonchev–Trinajstić information content (AvgIpc) is 2.28. The third-order valence-electron chi connectivity index (χ3n) is 2.04. The zero-order valence-corrected chi connectivity index (χ0v) is 10.4. The van der Waals surface area contributed by atoms with Crippen molar-refractivity contribution in [2.75, 3.05) is 0 Å². The lowest BCUT2D eigenvalue weighted by molar-refractivity contribution is -0.388. The summed E-state index contributed by atoms with van der Waals surface area (Å²) in [6.07, 6.45) is 2.91. The summed E-state index contributed by atoms with van der Waals surface area (Å²) in [5.41, 5.74) is -0.697. The topological polar surface area (TPSA) is 65.3 Å². The van der Waals surface area contributed by atoms with Gasteiger partial charge < -0.3 is 4.74 Å². The molecular formula is C11H6BrFN2O3. The summed E-state index contributed by atoms with van der Waals surface area (Å²) in [6.45, 7) is 0. The van der Waals surface area contributed by atoms with E-state index >= 15 is 0 Å². The molecule has 2 rings (SSSR count). The summed E-state index contributed by atoms with van der Waals surface area (Å²) in [4.78, 5) is 13.8. The SMILES string of the molecule is O=[N+]([O-])c1c(F)cccc1Oc1cncc(Br)c1. The molecule has 7 heteroatoms. The second kappa shape index (κ2) is 5.09. The van der Waals surface area contributed by atoms with Crippen molar-refractivity contribution in [3.05, 3.63) is 57.1 Å². The maximum absolute atomic E-state index is 13.3. The first kappa shape index (κ1) is 12.4. The number of para-hydroxylation sites is 1. The third kappa shape index (κ3) is 2.62. The molecule has 0 aliphatic heterocycles. The Kier molecular flexibility index (Phi) is 3.52. The fourth-order valence-corrected chi connectivity index (χ4v) is 1.67. The molecule has 1 aromatic heterocycles. The minimum atomic E-state index is -0.944. The number of hydrogen-bond acceptors (Lipinski definition) is 4. The van der Waals surface area contributed by atoms with Gasteiger partial charge in [0.05, 0.1) is 11.1 Å². The molecule has 0 amide bonds. The van der Waals surface area contributed by atoms with Gasteiger partial charge in [-0.05, 0) is 34.1 Å². The van der Waals surface area contributed by atoms with E-state index in [1.54, 1.807) is 6.07 Å². The van der Waals surface area contributed by atoms with Crippen LogP contribution in [0, 0.1) is 15.9 Å². The number of benzene rings is 1. The van der Waals surface area contributed by atoms with E-state index < -0.39 is 16.4 Å². The van der Waals surface area contributed by atoms with E-state index in [-0.39, 0.29) is 11.5 Å². The number of nitro benzene ring substituents is 1. The van der Waals surface area contributed by atoms with Crippen molar-refractivity contribution >= 4 is 21.6 Å². The maximum Gasteiger partial charge on any atom is 0.346 e. The molecule has 5 nitrogen and oxygen atoms in total. The van der Waals surface area contributed by atoms with Crippen molar-refractivity contribution in [2.24, 2.45) is 0 Å². The van der Waals surface area contributed by atoms with Crippen molar-refractivity contribution in [2.45, 2.75) is 0 Å². The number of nitrogens with zero attached hydrogens (tertiary/aromatic N) is 2. The molecule has 0 bridgehead atoms. The van der Waals surface area contributed by atoms with Crippen molar-refractivity contribution in [3.63, 3.8) is 0 Å². The highest BCUT2D eigenvalue weighted by Gasteiger charge is 2.21. The molecule has 92 valence electrons. The number of nitro groups is 1. The van der Waals surface area contributed by atoms with Gasteiger partial charge in [0, 0.05) is 10.7 Å². The summed E-state index contributed by atoms with van der Waals surface area (Å²) < 4.78 is 19.2. The number of ether oxygens (including phenoxy) is 1. The van der Waals surface area contributed by atoms with E-state index in [1.165, 1.54) is 24.5 Å². The molecule has 1 aromatic carbocycles. The summed E-state index contributed by atoms with van der Waals surface area (Å²) >= 11 is 3.19. The van der Waals surface area contributed by atoms with Gasteiger partial charge in [0.25, 0.3) is 0 Å². The fraction of sp³-hybridized carbons (Fsp3) is 0. The van der Waals surface area contributed by atoms with Crippen molar-refractivity contribution in [1.29, 1.82) is 0 Å². The molecule has 0 aliphatic rings. The Morgan fingerprint density at radius 1 is 1.39 bits per heavy atom. The van der Waals surface area contributed by atoms with Gasteiger partial charge in [-0.25, -0.2) is 0 Å². The van der Waals surface area contributed by atoms with E-state index in [0.29, 0.717) is 4.47 Å². The largest absolute Gasteiger partial charge is 0.448 e.